The lowest BCUT2D eigenvalue weighted by atomic mass is 9.94. The number of furan rings is 1. The van der Waals surface area contributed by atoms with Crippen LogP contribution in [0.15, 0.2) is 247 Å². The zero-order valence-electron chi connectivity index (χ0n) is 35.4. The molecule has 65 heavy (non-hydrogen) atoms. The van der Waals surface area contributed by atoms with Gasteiger partial charge in [-0.2, -0.15) is 0 Å². The van der Waals surface area contributed by atoms with Crippen LogP contribution in [0.4, 0.5) is 17.1 Å². The molecule has 0 aliphatic heterocycles. The highest BCUT2D eigenvalue weighted by atomic mass is 16.3. The Hall–Kier alpha value is -8.66. The van der Waals surface area contributed by atoms with Gasteiger partial charge in [0.15, 0.2) is 0 Å². The van der Waals surface area contributed by atoms with Crippen LogP contribution in [0.2, 0.25) is 0 Å². The van der Waals surface area contributed by atoms with Crippen LogP contribution in [0, 0.1) is 0 Å². The molecule has 3 aromatic heterocycles. The SMILES string of the molecule is c1ccc(-c2ccc(-c3ccc(N(c4ccc(-c5ccn6c(c5)c(-c5ccccc5)c5c7ccccc7c7ccccc7c56)cc4)c4ccc5c(c4)oc4ccccc45)cc3)cc2)cc1. The minimum atomic E-state index is 0.864. The van der Waals surface area contributed by atoms with E-state index in [1.807, 2.05) is 12.1 Å². The van der Waals surface area contributed by atoms with Crippen LogP contribution in [-0.2, 0) is 0 Å². The molecule has 0 saturated heterocycles. The van der Waals surface area contributed by atoms with Gasteiger partial charge in [-0.3, -0.25) is 0 Å². The molecule has 0 amide bonds. The van der Waals surface area contributed by atoms with Gasteiger partial charge < -0.3 is 13.7 Å². The Bertz CT molecular complexity index is 3900. The molecule has 0 aliphatic rings. The fourth-order valence-corrected chi connectivity index (χ4v) is 10.1. The third-order valence-electron chi connectivity index (χ3n) is 13.2. The van der Waals surface area contributed by atoms with E-state index in [4.69, 9.17) is 4.42 Å². The lowest BCUT2D eigenvalue weighted by Crippen LogP contribution is -2.09. The quantitative estimate of drug-likeness (QED) is 0.149. The predicted octanol–water partition coefficient (Wildman–Crippen LogP) is 17.4. The number of pyridine rings is 1. The Labute approximate surface area is 376 Å². The second kappa shape index (κ2) is 15.0. The zero-order valence-corrected chi connectivity index (χ0v) is 35.4. The molecule has 0 unspecified atom stereocenters. The van der Waals surface area contributed by atoms with Crippen molar-refractivity contribution in [3.05, 3.63) is 243 Å². The van der Waals surface area contributed by atoms with Crippen molar-refractivity contribution in [3.63, 3.8) is 0 Å². The Morgan fingerprint density at radius 3 is 1.42 bits per heavy atom. The molecule has 0 aliphatic carbocycles. The van der Waals surface area contributed by atoms with Crippen molar-refractivity contribution in [3.8, 4) is 44.5 Å². The molecule has 0 radical (unpaired) electrons. The lowest BCUT2D eigenvalue weighted by molar-refractivity contribution is 0.669. The second-order valence-electron chi connectivity index (χ2n) is 16.9. The van der Waals surface area contributed by atoms with Crippen molar-refractivity contribution >= 4 is 77.0 Å². The smallest absolute Gasteiger partial charge is 0.137 e. The predicted molar refractivity (Wildman–Crippen MR) is 274 cm³/mol. The van der Waals surface area contributed by atoms with Gasteiger partial charge in [0.2, 0.25) is 0 Å². The Morgan fingerprint density at radius 1 is 0.308 bits per heavy atom. The highest BCUT2D eigenvalue weighted by Crippen LogP contribution is 2.45. The summed E-state index contributed by atoms with van der Waals surface area (Å²) in [6, 6.07) is 85.3. The van der Waals surface area contributed by atoms with Crippen LogP contribution in [-0.4, -0.2) is 4.40 Å². The summed E-state index contributed by atoms with van der Waals surface area (Å²) in [4.78, 5) is 2.32. The number of rotatable bonds is 7. The topological polar surface area (TPSA) is 20.8 Å². The average Bonchev–Trinajstić information content (AvgIpc) is 3.93. The van der Waals surface area contributed by atoms with Crippen LogP contribution in [0.3, 0.4) is 0 Å². The first-order chi connectivity index (χ1) is 32.2. The molecule has 0 atom stereocenters. The minimum Gasteiger partial charge on any atom is -0.456 e. The number of fused-ring (bicyclic) bond motifs is 11. The van der Waals surface area contributed by atoms with E-state index in [0.29, 0.717) is 0 Å². The fraction of sp³-hybridized carbons (Fsp3) is 0. The normalized spacial score (nSPS) is 11.7. The molecule has 0 fully saturated rings. The monoisotopic (exact) mass is 828 g/mol. The summed E-state index contributed by atoms with van der Waals surface area (Å²) >= 11 is 0. The highest BCUT2D eigenvalue weighted by molar-refractivity contribution is 6.30. The van der Waals surface area contributed by atoms with Gasteiger partial charge in [-0.1, -0.05) is 176 Å². The number of anilines is 3. The van der Waals surface area contributed by atoms with E-state index in [2.05, 4.69) is 240 Å². The molecule has 10 aromatic carbocycles. The van der Waals surface area contributed by atoms with Gasteiger partial charge in [-0.25, -0.2) is 0 Å². The molecule has 13 rings (SSSR count). The lowest BCUT2D eigenvalue weighted by Gasteiger charge is -2.26. The molecule has 0 bridgehead atoms. The van der Waals surface area contributed by atoms with Crippen LogP contribution < -0.4 is 4.90 Å². The first-order valence-corrected chi connectivity index (χ1v) is 22.2. The summed E-state index contributed by atoms with van der Waals surface area (Å²) in [7, 11) is 0. The molecule has 304 valence electrons. The molecule has 3 heterocycles. The van der Waals surface area contributed by atoms with E-state index in [9.17, 15) is 0 Å². The van der Waals surface area contributed by atoms with E-state index < -0.39 is 0 Å². The maximum atomic E-state index is 6.43. The van der Waals surface area contributed by atoms with Gasteiger partial charge >= 0.3 is 0 Å². The largest absolute Gasteiger partial charge is 0.456 e. The number of para-hydroxylation sites is 1. The molecule has 13 aromatic rings. The van der Waals surface area contributed by atoms with Gasteiger partial charge in [0, 0.05) is 56.4 Å². The summed E-state index contributed by atoms with van der Waals surface area (Å²) in [5.74, 6) is 0. The first-order valence-electron chi connectivity index (χ1n) is 22.2. The number of aromatic nitrogens is 1. The van der Waals surface area contributed by atoms with Crippen LogP contribution in [0.25, 0.3) is 104 Å². The molecular formula is C62H40N2O. The summed E-state index contributed by atoms with van der Waals surface area (Å²) in [6.07, 6.45) is 2.26. The van der Waals surface area contributed by atoms with Crippen molar-refractivity contribution in [2.75, 3.05) is 4.90 Å². The highest BCUT2D eigenvalue weighted by Gasteiger charge is 2.21. The Kier molecular flexibility index (Phi) is 8.53. The Morgan fingerprint density at radius 2 is 0.769 bits per heavy atom. The average molecular weight is 829 g/mol. The van der Waals surface area contributed by atoms with E-state index in [0.717, 1.165) is 50.1 Å². The Balaban J connectivity index is 0.927. The third-order valence-corrected chi connectivity index (χ3v) is 13.2. The maximum Gasteiger partial charge on any atom is 0.137 e. The summed E-state index contributed by atoms with van der Waals surface area (Å²) < 4.78 is 8.83. The van der Waals surface area contributed by atoms with Gasteiger partial charge in [0.1, 0.15) is 11.2 Å². The van der Waals surface area contributed by atoms with Crippen LogP contribution in [0.1, 0.15) is 0 Å². The van der Waals surface area contributed by atoms with Crippen LogP contribution >= 0.6 is 0 Å². The van der Waals surface area contributed by atoms with E-state index in [-0.39, 0.29) is 0 Å². The van der Waals surface area contributed by atoms with E-state index in [1.54, 1.807) is 0 Å². The molecule has 0 saturated carbocycles. The van der Waals surface area contributed by atoms with Crippen molar-refractivity contribution in [2.24, 2.45) is 0 Å². The van der Waals surface area contributed by atoms with E-state index in [1.165, 1.54) is 71.3 Å². The summed E-state index contributed by atoms with van der Waals surface area (Å²) in [6.45, 7) is 0. The molecule has 3 heteroatoms. The summed E-state index contributed by atoms with van der Waals surface area (Å²) in [5.41, 5.74) is 16.9. The van der Waals surface area contributed by atoms with Crippen molar-refractivity contribution in [1.82, 2.24) is 4.40 Å². The zero-order chi connectivity index (χ0) is 42.8. The number of hydrogen-bond acceptors (Lipinski definition) is 2. The third kappa shape index (κ3) is 6.12. The van der Waals surface area contributed by atoms with Crippen molar-refractivity contribution < 1.29 is 4.42 Å². The van der Waals surface area contributed by atoms with Gasteiger partial charge in [-0.15, -0.1) is 0 Å². The number of benzene rings is 10. The van der Waals surface area contributed by atoms with E-state index >= 15 is 0 Å². The number of hydrogen-bond donors (Lipinski definition) is 0. The first kappa shape index (κ1) is 36.9. The summed E-state index contributed by atoms with van der Waals surface area (Å²) in [5, 5.41) is 8.58. The van der Waals surface area contributed by atoms with Crippen molar-refractivity contribution in [2.45, 2.75) is 0 Å². The molecule has 0 N–H and O–H groups in total. The number of nitrogens with zero attached hydrogens (tertiary/aromatic N) is 2. The molecule has 0 spiro atoms. The molecule has 3 nitrogen and oxygen atoms in total. The standard InChI is InChI=1S/C62H40N2O/c1-3-13-41(14-4-1)42-23-25-43(26-24-42)44-27-31-48(32-28-44)64(50-35-36-54-53-19-11-12-22-58(53)65-59(54)40-50)49-33-29-45(30-34-49)47-37-38-63-57(39-47)60(46-15-5-2-6-16-46)61-55-20-9-7-17-51(55)52-18-8-10-21-56(52)62(61)63/h1-40H. The van der Waals surface area contributed by atoms with Gasteiger partial charge in [0.25, 0.3) is 0 Å². The second-order valence-corrected chi connectivity index (χ2v) is 16.9. The van der Waals surface area contributed by atoms with Crippen molar-refractivity contribution in [1.29, 1.82) is 0 Å². The fourth-order valence-electron chi connectivity index (χ4n) is 10.1. The van der Waals surface area contributed by atoms with Gasteiger partial charge in [-0.05, 0) is 110 Å². The van der Waals surface area contributed by atoms with Crippen LogP contribution in [0.5, 0.6) is 0 Å². The minimum absolute atomic E-state index is 0.864. The maximum absolute atomic E-state index is 6.43. The van der Waals surface area contributed by atoms with Gasteiger partial charge in [0.05, 0.1) is 11.0 Å². The molecular weight excluding hydrogens is 789 g/mol.